The van der Waals surface area contributed by atoms with Gasteiger partial charge in [0, 0.05) is 6.04 Å². The van der Waals surface area contributed by atoms with Crippen molar-refractivity contribution in [3.63, 3.8) is 0 Å². The van der Waals surface area contributed by atoms with Gasteiger partial charge in [-0.15, -0.1) is 12.4 Å². The molecule has 82 valence electrons. The zero-order valence-corrected chi connectivity index (χ0v) is 9.13. The molecule has 0 aromatic rings. The molecule has 0 aromatic carbocycles. The minimum Gasteiger partial charge on any atom is -0.481 e. The van der Waals surface area contributed by atoms with Crippen LogP contribution in [0.3, 0.4) is 0 Å². The Hall–Kier alpha value is -0.280. The Kier molecular flexibility index (Phi) is 4.20. The van der Waals surface area contributed by atoms with Crippen molar-refractivity contribution in [2.24, 2.45) is 5.92 Å². The molecule has 0 aliphatic carbocycles. The number of piperidine rings is 2. The van der Waals surface area contributed by atoms with Crippen LogP contribution in [-0.2, 0) is 4.79 Å². The maximum Gasteiger partial charge on any atom is 0.308 e. The molecule has 2 aliphatic rings. The number of hydrogen-bond acceptors (Lipinski definition) is 2. The summed E-state index contributed by atoms with van der Waals surface area (Å²) in [6.07, 6.45) is 5.51. The molecule has 0 amide bonds. The Balaban J connectivity index is 0.000000980. The van der Waals surface area contributed by atoms with Crippen LogP contribution in [-0.4, -0.2) is 35.1 Å². The lowest BCUT2D eigenvalue weighted by Crippen LogP contribution is -2.50. The third-order valence-corrected chi connectivity index (χ3v) is 3.41. The lowest BCUT2D eigenvalue weighted by atomic mass is 9.84. The summed E-state index contributed by atoms with van der Waals surface area (Å²) in [6, 6.07) is 0.347. The number of aliphatic carboxylic acids is 1. The van der Waals surface area contributed by atoms with Gasteiger partial charge in [-0.3, -0.25) is 9.69 Å². The fourth-order valence-electron chi connectivity index (χ4n) is 2.74. The number of rotatable bonds is 1. The predicted molar refractivity (Wildman–Crippen MR) is 56.8 cm³/mol. The lowest BCUT2D eigenvalue weighted by Gasteiger charge is -2.42. The fourth-order valence-corrected chi connectivity index (χ4v) is 2.74. The van der Waals surface area contributed by atoms with E-state index < -0.39 is 5.97 Å². The minimum atomic E-state index is -0.586. The molecule has 3 nitrogen and oxygen atoms in total. The molecular formula is C10H18ClNO2. The van der Waals surface area contributed by atoms with Crippen LogP contribution in [0.15, 0.2) is 0 Å². The van der Waals surface area contributed by atoms with Crippen LogP contribution in [0.25, 0.3) is 0 Å². The van der Waals surface area contributed by atoms with Gasteiger partial charge in [-0.1, -0.05) is 6.42 Å². The molecule has 0 spiro atoms. The summed E-state index contributed by atoms with van der Waals surface area (Å²) in [7, 11) is 0. The standard InChI is InChI=1S/C10H17NO2.ClH/c12-10(13)8-4-3-7-11-6-2-1-5-9(8)11;/h8-9H,1-7H2,(H,12,13);1H/t8?,9-;/m1./s1. The molecule has 0 bridgehead atoms. The number of carboxylic acid groups (broad SMARTS) is 1. The highest BCUT2D eigenvalue weighted by atomic mass is 35.5. The molecular weight excluding hydrogens is 202 g/mol. The molecule has 2 heterocycles. The Morgan fingerprint density at radius 3 is 2.57 bits per heavy atom. The molecule has 0 saturated carbocycles. The second kappa shape index (κ2) is 4.99. The number of fused-ring (bicyclic) bond motifs is 1. The molecule has 2 rings (SSSR count). The zero-order valence-electron chi connectivity index (χ0n) is 8.32. The van der Waals surface area contributed by atoms with E-state index in [4.69, 9.17) is 5.11 Å². The topological polar surface area (TPSA) is 40.5 Å². The monoisotopic (exact) mass is 219 g/mol. The van der Waals surface area contributed by atoms with Crippen LogP contribution in [0.5, 0.6) is 0 Å². The van der Waals surface area contributed by atoms with Gasteiger partial charge in [0.05, 0.1) is 5.92 Å². The van der Waals surface area contributed by atoms with E-state index in [1.54, 1.807) is 0 Å². The Bertz CT molecular complexity index is 208. The molecule has 1 unspecified atom stereocenters. The third kappa shape index (κ3) is 2.20. The fraction of sp³-hybridized carbons (Fsp3) is 0.900. The summed E-state index contributed by atoms with van der Waals surface area (Å²) < 4.78 is 0. The second-order valence-corrected chi connectivity index (χ2v) is 4.19. The highest BCUT2D eigenvalue weighted by molar-refractivity contribution is 5.85. The smallest absolute Gasteiger partial charge is 0.308 e. The van der Waals surface area contributed by atoms with Crippen molar-refractivity contribution in [3.8, 4) is 0 Å². The first kappa shape index (κ1) is 11.8. The predicted octanol–water partition coefficient (Wildman–Crippen LogP) is 1.76. The van der Waals surface area contributed by atoms with Crippen LogP contribution < -0.4 is 0 Å². The third-order valence-electron chi connectivity index (χ3n) is 3.41. The van der Waals surface area contributed by atoms with Crippen molar-refractivity contribution in [3.05, 3.63) is 0 Å². The Morgan fingerprint density at radius 2 is 1.86 bits per heavy atom. The van der Waals surface area contributed by atoms with Gasteiger partial charge in [0.2, 0.25) is 0 Å². The summed E-state index contributed by atoms with van der Waals surface area (Å²) in [5.74, 6) is -0.675. The number of hydrogen-bond donors (Lipinski definition) is 1. The molecule has 1 N–H and O–H groups in total. The van der Waals surface area contributed by atoms with Gasteiger partial charge in [-0.25, -0.2) is 0 Å². The summed E-state index contributed by atoms with van der Waals surface area (Å²) in [6.45, 7) is 2.24. The van der Waals surface area contributed by atoms with Crippen molar-refractivity contribution in [2.45, 2.75) is 38.1 Å². The Labute approximate surface area is 90.9 Å². The van der Waals surface area contributed by atoms with Gasteiger partial charge in [0.25, 0.3) is 0 Å². The minimum absolute atomic E-state index is 0. The van der Waals surface area contributed by atoms with Gasteiger partial charge < -0.3 is 5.11 Å². The van der Waals surface area contributed by atoms with Crippen molar-refractivity contribution in [2.75, 3.05) is 13.1 Å². The van der Waals surface area contributed by atoms with E-state index in [1.165, 1.54) is 12.8 Å². The first-order valence-corrected chi connectivity index (χ1v) is 5.26. The van der Waals surface area contributed by atoms with Crippen LogP contribution in [0.1, 0.15) is 32.1 Å². The van der Waals surface area contributed by atoms with E-state index in [0.717, 1.165) is 32.4 Å². The molecule has 2 fully saturated rings. The highest BCUT2D eigenvalue weighted by Gasteiger charge is 2.36. The average molecular weight is 220 g/mol. The Morgan fingerprint density at radius 1 is 1.14 bits per heavy atom. The first-order chi connectivity index (χ1) is 6.29. The largest absolute Gasteiger partial charge is 0.481 e. The van der Waals surface area contributed by atoms with Crippen LogP contribution in [0.4, 0.5) is 0 Å². The molecule has 0 radical (unpaired) electrons. The van der Waals surface area contributed by atoms with Gasteiger partial charge in [-0.2, -0.15) is 0 Å². The average Bonchev–Trinajstić information content (AvgIpc) is 2.17. The normalized spacial score (nSPS) is 32.9. The van der Waals surface area contributed by atoms with Gasteiger partial charge in [0.15, 0.2) is 0 Å². The maximum absolute atomic E-state index is 11.0. The number of nitrogens with zero attached hydrogens (tertiary/aromatic N) is 1. The van der Waals surface area contributed by atoms with E-state index in [-0.39, 0.29) is 18.3 Å². The zero-order chi connectivity index (χ0) is 9.26. The van der Waals surface area contributed by atoms with Gasteiger partial charge in [0.1, 0.15) is 0 Å². The van der Waals surface area contributed by atoms with Crippen LogP contribution in [0, 0.1) is 5.92 Å². The van der Waals surface area contributed by atoms with Crippen molar-refractivity contribution < 1.29 is 9.90 Å². The number of halogens is 1. The first-order valence-electron chi connectivity index (χ1n) is 5.26. The summed E-state index contributed by atoms with van der Waals surface area (Å²) in [5.41, 5.74) is 0. The van der Waals surface area contributed by atoms with Crippen LogP contribution >= 0.6 is 12.4 Å². The molecule has 2 atom stereocenters. The van der Waals surface area contributed by atoms with E-state index in [9.17, 15) is 4.79 Å². The van der Waals surface area contributed by atoms with E-state index in [1.807, 2.05) is 0 Å². The molecule has 2 aliphatic heterocycles. The van der Waals surface area contributed by atoms with Gasteiger partial charge >= 0.3 is 5.97 Å². The number of carbonyl (C=O) groups is 1. The van der Waals surface area contributed by atoms with Gasteiger partial charge in [-0.05, 0) is 38.8 Å². The summed E-state index contributed by atoms with van der Waals surface area (Å²) >= 11 is 0. The summed E-state index contributed by atoms with van der Waals surface area (Å²) in [5, 5.41) is 9.05. The quantitative estimate of drug-likeness (QED) is 0.731. The molecule has 4 heteroatoms. The van der Waals surface area contributed by atoms with E-state index in [2.05, 4.69) is 4.90 Å². The SMILES string of the molecule is Cl.O=C(O)C1CCCN2CCCC[C@H]12. The maximum atomic E-state index is 11.0. The number of carboxylic acids is 1. The van der Waals surface area contributed by atoms with Crippen molar-refractivity contribution in [1.82, 2.24) is 4.90 Å². The molecule has 2 saturated heterocycles. The second-order valence-electron chi connectivity index (χ2n) is 4.19. The van der Waals surface area contributed by atoms with E-state index in [0.29, 0.717) is 6.04 Å². The molecule has 0 aromatic heterocycles. The van der Waals surface area contributed by atoms with E-state index >= 15 is 0 Å². The summed E-state index contributed by atoms with van der Waals surface area (Å²) in [4.78, 5) is 13.4. The highest BCUT2D eigenvalue weighted by Crippen LogP contribution is 2.30. The lowest BCUT2D eigenvalue weighted by molar-refractivity contribution is -0.146. The van der Waals surface area contributed by atoms with Crippen LogP contribution in [0.2, 0.25) is 0 Å². The molecule has 14 heavy (non-hydrogen) atoms. The van der Waals surface area contributed by atoms with Crippen molar-refractivity contribution >= 4 is 18.4 Å². The van der Waals surface area contributed by atoms with Crippen molar-refractivity contribution in [1.29, 1.82) is 0 Å².